The number of nitrogens with zero attached hydrogens (tertiary/aromatic N) is 1. The number of nitrogens with one attached hydrogen (secondary N) is 2. The second-order valence-electron chi connectivity index (χ2n) is 3.27. The van der Waals surface area contributed by atoms with Gasteiger partial charge < -0.3 is 5.32 Å². The molecule has 0 aliphatic rings. The zero-order chi connectivity index (χ0) is 9.97. The first-order valence-electron chi connectivity index (χ1n) is 4.59. The average Bonchev–Trinajstić information content (AvgIpc) is 2.71. The smallest absolute Gasteiger partial charge is 0.0565 e. The highest BCUT2D eigenvalue weighted by Gasteiger charge is 2.01. The fraction of sp³-hybridized carbons (Fsp3) is 0.182. The largest absolute Gasteiger partial charge is 0.388 e. The zero-order valence-corrected chi connectivity index (χ0v) is 8.33. The molecule has 14 heavy (non-hydrogen) atoms. The van der Waals surface area contributed by atoms with E-state index in [1.165, 1.54) is 11.1 Å². The van der Waals surface area contributed by atoms with Gasteiger partial charge in [-0.2, -0.15) is 5.10 Å². The molecule has 0 aliphatic heterocycles. The third-order valence-electron chi connectivity index (χ3n) is 2.34. The lowest BCUT2D eigenvalue weighted by Gasteiger charge is -2.06. The summed E-state index contributed by atoms with van der Waals surface area (Å²) in [4.78, 5) is 0. The molecule has 3 nitrogen and oxygen atoms in total. The summed E-state index contributed by atoms with van der Waals surface area (Å²) in [5.41, 5.74) is 4.69. The molecule has 1 aromatic heterocycles. The van der Waals surface area contributed by atoms with Gasteiger partial charge in [0.05, 0.1) is 6.20 Å². The van der Waals surface area contributed by atoms with E-state index in [0.29, 0.717) is 0 Å². The highest BCUT2D eigenvalue weighted by atomic mass is 15.1. The van der Waals surface area contributed by atoms with Crippen LogP contribution in [0.25, 0.3) is 11.1 Å². The molecule has 0 saturated carbocycles. The van der Waals surface area contributed by atoms with Crippen molar-refractivity contribution in [1.82, 2.24) is 10.2 Å². The van der Waals surface area contributed by atoms with Crippen LogP contribution < -0.4 is 5.32 Å². The number of hydrogen-bond acceptors (Lipinski definition) is 2. The van der Waals surface area contributed by atoms with E-state index in [1.54, 1.807) is 0 Å². The van der Waals surface area contributed by atoms with Gasteiger partial charge in [0.2, 0.25) is 0 Å². The zero-order valence-electron chi connectivity index (χ0n) is 8.33. The highest BCUT2D eigenvalue weighted by molar-refractivity contribution is 5.68. The molecule has 0 fully saturated rings. The van der Waals surface area contributed by atoms with Crippen LogP contribution in [0.1, 0.15) is 5.56 Å². The van der Waals surface area contributed by atoms with E-state index in [0.717, 1.165) is 11.3 Å². The van der Waals surface area contributed by atoms with Crippen molar-refractivity contribution in [1.29, 1.82) is 0 Å². The Morgan fingerprint density at radius 1 is 1.29 bits per heavy atom. The molecule has 1 heterocycles. The van der Waals surface area contributed by atoms with Crippen molar-refractivity contribution in [2.45, 2.75) is 6.92 Å². The Balaban J connectivity index is 2.46. The van der Waals surface area contributed by atoms with Crippen LogP contribution in [0, 0.1) is 6.92 Å². The molecule has 0 amide bonds. The Hall–Kier alpha value is -1.77. The minimum absolute atomic E-state index is 1.11. The van der Waals surface area contributed by atoms with Gasteiger partial charge in [0, 0.05) is 24.5 Å². The maximum atomic E-state index is 3.93. The Labute approximate surface area is 83.2 Å². The van der Waals surface area contributed by atoms with Crippen LogP contribution in [0.3, 0.4) is 0 Å². The molecule has 1 aromatic carbocycles. The third-order valence-corrected chi connectivity index (χ3v) is 2.34. The molecule has 2 N–H and O–H groups in total. The second kappa shape index (κ2) is 3.54. The molecule has 0 bridgehead atoms. The Kier molecular flexibility index (Phi) is 2.23. The SMILES string of the molecule is CNc1cc(-c2cn[nH]c2)ccc1C. The van der Waals surface area contributed by atoms with Gasteiger partial charge in [-0.3, -0.25) is 5.10 Å². The van der Waals surface area contributed by atoms with Gasteiger partial charge >= 0.3 is 0 Å². The first-order chi connectivity index (χ1) is 6.81. The van der Waals surface area contributed by atoms with E-state index in [-0.39, 0.29) is 0 Å². The molecule has 2 aromatic rings. The van der Waals surface area contributed by atoms with Crippen LogP contribution in [-0.2, 0) is 0 Å². The van der Waals surface area contributed by atoms with Crippen LogP contribution in [0.15, 0.2) is 30.6 Å². The lowest BCUT2D eigenvalue weighted by molar-refractivity contribution is 1.09. The van der Waals surface area contributed by atoms with Crippen LogP contribution >= 0.6 is 0 Å². The normalized spacial score (nSPS) is 10.1. The maximum Gasteiger partial charge on any atom is 0.0565 e. The highest BCUT2D eigenvalue weighted by Crippen LogP contribution is 2.23. The van der Waals surface area contributed by atoms with Crippen molar-refractivity contribution in [3.8, 4) is 11.1 Å². The van der Waals surface area contributed by atoms with Gasteiger partial charge in [-0.1, -0.05) is 12.1 Å². The standard InChI is InChI=1S/C11H13N3/c1-8-3-4-9(5-11(8)12-2)10-6-13-14-7-10/h3-7,12H,1-2H3,(H,13,14). The van der Waals surface area contributed by atoms with Crippen LogP contribution in [-0.4, -0.2) is 17.2 Å². The van der Waals surface area contributed by atoms with Crippen molar-refractivity contribution in [2.75, 3.05) is 12.4 Å². The van der Waals surface area contributed by atoms with Crippen molar-refractivity contribution in [2.24, 2.45) is 0 Å². The van der Waals surface area contributed by atoms with Gasteiger partial charge in [-0.05, 0) is 24.1 Å². The second-order valence-corrected chi connectivity index (χ2v) is 3.27. The predicted molar refractivity (Wildman–Crippen MR) is 58.3 cm³/mol. The summed E-state index contributed by atoms with van der Waals surface area (Å²) in [6, 6.07) is 6.33. The van der Waals surface area contributed by atoms with Crippen molar-refractivity contribution in [3.05, 3.63) is 36.2 Å². The number of anilines is 1. The number of H-pyrrole nitrogens is 1. The van der Waals surface area contributed by atoms with Gasteiger partial charge in [-0.15, -0.1) is 0 Å². The predicted octanol–water partition coefficient (Wildman–Crippen LogP) is 2.43. The number of benzene rings is 1. The van der Waals surface area contributed by atoms with Gasteiger partial charge in [0.25, 0.3) is 0 Å². The number of aromatic nitrogens is 2. The first-order valence-corrected chi connectivity index (χ1v) is 4.59. The minimum atomic E-state index is 1.11. The molecule has 0 aliphatic carbocycles. The van der Waals surface area contributed by atoms with Crippen molar-refractivity contribution < 1.29 is 0 Å². The fourth-order valence-corrected chi connectivity index (χ4v) is 1.48. The van der Waals surface area contributed by atoms with Crippen LogP contribution in [0.2, 0.25) is 0 Å². The lowest BCUT2D eigenvalue weighted by atomic mass is 10.1. The minimum Gasteiger partial charge on any atom is -0.388 e. The average molecular weight is 187 g/mol. The molecule has 72 valence electrons. The molecule has 3 heteroatoms. The summed E-state index contributed by atoms with van der Waals surface area (Å²) in [6.07, 6.45) is 3.72. The summed E-state index contributed by atoms with van der Waals surface area (Å²) in [5, 5.41) is 9.91. The summed E-state index contributed by atoms with van der Waals surface area (Å²) in [7, 11) is 1.93. The number of aryl methyl sites for hydroxylation is 1. The summed E-state index contributed by atoms with van der Waals surface area (Å²) in [5.74, 6) is 0. The molecular weight excluding hydrogens is 174 g/mol. The summed E-state index contributed by atoms with van der Waals surface area (Å²) < 4.78 is 0. The molecule has 0 spiro atoms. The molecule has 0 radical (unpaired) electrons. The molecule has 0 saturated heterocycles. The Bertz CT molecular complexity index is 418. The van der Waals surface area contributed by atoms with E-state index in [9.17, 15) is 0 Å². The monoisotopic (exact) mass is 187 g/mol. The van der Waals surface area contributed by atoms with Crippen molar-refractivity contribution in [3.63, 3.8) is 0 Å². The third kappa shape index (κ3) is 1.48. The van der Waals surface area contributed by atoms with E-state index < -0.39 is 0 Å². The van der Waals surface area contributed by atoms with E-state index in [1.807, 2.05) is 19.4 Å². The number of aromatic amines is 1. The number of rotatable bonds is 2. The van der Waals surface area contributed by atoms with Crippen LogP contribution in [0.4, 0.5) is 5.69 Å². The number of hydrogen-bond donors (Lipinski definition) is 2. The lowest BCUT2D eigenvalue weighted by Crippen LogP contribution is -1.91. The van der Waals surface area contributed by atoms with Gasteiger partial charge in [0.15, 0.2) is 0 Å². The topological polar surface area (TPSA) is 40.7 Å². The van der Waals surface area contributed by atoms with Gasteiger partial charge in [-0.25, -0.2) is 0 Å². The van der Waals surface area contributed by atoms with E-state index in [2.05, 4.69) is 40.6 Å². The molecule has 0 atom stereocenters. The Morgan fingerprint density at radius 3 is 2.79 bits per heavy atom. The maximum absolute atomic E-state index is 3.93. The fourth-order valence-electron chi connectivity index (χ4n) is 1.48. The molecule has 2 rings (SSSR count). The van der Waals surface area contributed by atoms with E-state index >= 15 is 0 Å². The summed E-state index contributed by atoms with van der Waals surface area (Å²) in [6.45, 7) is 2.09. The van der Waals surface area contributed by atoms with E-state index in [4.69, 9.17) is 0 Å². The van der Waals surface area contributed by atoms with Crippen molar-refractivity contribution >= 4 is 5.69 Å². The quantitative estimate of drug-likeness (QED) is 0.758. The van der Waals surface area contributed by atoms with Gasteiger partial charge in [0.1, 0.15) is 0 Å². The molecule has 0 unspecified atom stereocenters. The Morgan fingerprint density at radius 2 is 2.14 bits per heavy atom. The molecular formula is C11H13N3. The summed E-state index contributed by atoms with van der Waals surface area (Å²) >= 11 is 0. The van der Waals surface area contributed by atoms with Crippen LogP contribution in [0.5, 0.6) is 0 Å². The first kappa shape index (κ1) is 8.81.